The molecule has 0 radical (unpaired) electrons. The Morgan fingerprint density at radius 3 is 1.09 bits per heavy atom. The van der Waals surface area contributed by atoms with Gasteiger partial charge in [0.25, 0.3) is 0 Å². The van der Waals surface area contributed by atoms with Crippen molar-refractivity contribution in [3.63, 3.8) is 0 Å². The van der Waals surface area contributed by atoms with Gasteiger partial charge in [0, 0.05) is 21.9 Å². The summed E-state index contributed by atoms with van der Waals surface area (Å²) in [4.78, 5) is 0. The van der Waals surface area contributed by atoms with Crippen LogP contribution in [0.15, 0.2) is 115 Å². The number of nitrogens with zero attached hydrogens (tertiary/aromatic N) is 6. The molecule has 0 fully saturated rings. The zero-order valence-electron chi connectivity index (χ0n) is 27.5. The maximum atomic E-state index is 10.9. The molecule has 9 nitrogen and oxygen atoms in total. The van der Waals surface area contributed by atoms with Gasteiger partial charge in [-0.3, -0.25) is 0 Å². The Kier molecular flexibility index (Phi) is 11.5. The lowest BCUT2D eigenvalue weighted by molar-refractivity contribution is 0.457. The van der Waals surface area contributed by atoms with Gasteiger partial charge in [0.15, 0.2) is 0 Å². The molecule has 0 unspecified atom stereocenters. The fourth-order valence-corrected chi connectivity index (χ4v) is 7.05. The lowest BCUT2D eigenvalue weighted by Gasteiger charge is -2.16. The van der Waals surface area contributed by atoms with E-state index in [0.29, 0.717) is 21.9 Å². The Bertz CT molecular complexity index is 1540. The van der Waals surface area contributed by atoms with E-state index in [9.17, 15) is 15.3 Å². The number of benzene rings is 4. The van der Waals surface area contributed by atoms with Gasteiger partial charge in [-0.15, -0.1) is 0 Å². The molecule has 3 N–H and O–H groups in total. The molecule has 0 aromatic heterocycles. The highest BCUT2D eigenvalue weighted by atomic mass is 28.4. The molecule has 0 aliphatic carbocycles. The summed E-state index contributed by atoms with van der Waals surface area (Å²) < 4.78 is 14.2. The molecule has 4 aromatic carbocycles. The second-order valence-electron chi connectivity index (χ2n) is 12.2. The molecule has 0 amide bonds. The molecule has 46 heavy (non-hydrogen) atoms. The molecule has 0 saturated carbocycles. The third-order valence-corrected chi connectivity index (χ3v) is 10.2. The molecule has 240 valence electrons. The van der Waals surface area contributed by atoms with Gasteiger partial charge in [-0.2, -0.15) is 29.7 Å². The van der Waals surface area contributed by atoms with Crippen LogP contribution in [0.4, 0.5) is 0 Å². The fraction of sp³-hybridized carbons (Fsp3) is 0.333. The van der Waals surface area contributed by atoms with Crippen molar-refractivity contribution >= 4 is 13.7 Å². The van der Waals surface area contributed by atoms with E-state index >= 15 is 0 Å². The third kappa shape index (κ3) is 8.11. The van der Waals surface area contributed by atoms with Crippen molar-refractivity contribution in [3.8, 4) is 17.2 Å². The molecule has 0 bridgehead atoms. The van der Waals surface area contributed by atoms with Crippen LogP contribution in [0.2, 0.25) is 0 Å². The maximum absolute atomic E-state index is 10.9. The van der Waals surface area contributed by atoms with Crippen LogP contribution in [0.1, 0.15) is 92.7 Å². The summed E-state index contributed by atoms with van der Waals surface area (Å²) in [6, 6.07) is 26.3. The van der Waals surface area contributed by atoms with E-state index in [-0.39, 0.29) is 54.6 Å². The molecule has 0 spiro atoms. The molecule has 0 aliphatic heterocycles. The molecule has 4 aromatic rings. The van der Waals surface area contributed by atoms with Crippen LogP contribution >= 0.6 is 0 Å². The quantitative estimate of drug-likeness (QED) is 0.0997. The van der Waals surface area contributed by atoms with Gasteiger partial charge in [-0.25, -0.2) is 0 Å². The van der Waals surface area contributed by atoms with E-state index < -0.39 is 8.56 Å². The zero-order chi connectivity index (χ0) is 33.3. The van der Waals surface area contributed by atoms with Gasteiger partial charge in [0.05, 0.1) is 19.6 Å². The van der Waals surface area contributed by atoms with Gasteiger partial charge in [0.2, 0.25) is 0 Å². The molecule has 4 rings (SSSR count). The first-order chi connectivity index (χ1) is 22.0. The Labute approximate surface area is 272 Å². The van der Waals surface area contributed by atoms with Gasteiger partial charge < -0.3 is 15.3 Å². The van der Waals surface area contributed by atoms with E-state index in [1.807, 2.05) is 126 Å². The normalized spacial score (nSPS) is 13.6. The monoisotopic (exact) mass is 636 g/mol. The minimum atomic E-state index is -3.66. The number of aromatic hydroxyl groups is 3. The summed E-state index contributed by atoms with van der Waals surface area (Å²) in [6.45, 7) is 12.5. The van der Waals surface area contributed by atoms with Gasteiger partial charge in [-0.1, -0.05) is 126 Å². The number of rotatable bonds is 13. The number of phenolic OH excluding ortho intramolecular Hbond substituents is 3. The van der Waals surface area contributed by atoms with Crippen LogP contribution in [-0.2, 0) is 19.6 Å². The summed E-state index contributed by atoms with van der Waals surface area (Å²) in [5.41, 5.74) is 4.45. The van der Waals surface area contributed by atoms with Crippen molar-refractivity contribution in [2.75, 3.05) is 0 Å². The second kappa shape index (κ2) is 15.5. The summed E-state index contributed by atoms with van der Waals surface area (Å²) in [6.07, 6.45) is 0. The lowest BCUT2D eigenvalue weighted by Crippen LogP contribution is -2.42. The van der Waals surface area contributed by atoms with Crippen molar-refractivity contribution in [2.45, 2.75) is 78.9 Å². The first-order valence-electron chi connectivity index (χ1n) is 15.7. The molecular formula is C36H44N6O3Si. The summed E-state index contributed by atoms with van der Waals surface area (Å²) in [5, 5.41) is 47.0. The van der Waals surface area contributed by atoms with E-state index in [4.69, 9.17) is 14.3 Å². The minimum absolute atomic E-state index is 0.119. The maximum Gasteiger partial charge on any atom is 0.524 e. The smallest absolute Gasteiger partial charge is 0.507 e. The standard InChI is InChI=1S/C36H44N6O3Si/c1-24(2)31-18-10-13-27(34(31)43)21-37-40-46(30-16-8-7-9-17-30,41-38-22-28-14-11-19-32(25(3)4)35(28)44)42-39-23-29-15-12-20-33(26(5)6)36(29)45/h7-20,24-26,43-45H,21-23H2,1-6H3. The Morgan fingerprint density at radius 1 is 0.457 bits per heavy atom. The number of phenols is 3. The topological polar surface area (TPSA) is 135 Å². The minimum Gasteiger partial charge on any atom is -0.507 e. The number of hydrogen-bond donors (Lipinski definition) is 3. The van der Waals surface area contributed by atoms with Crippen LogP contribution < -0.4 is 5.19 Å². The Balaban J connectivity index is 1.76. The largest absolute Gasteiger partial charge is 0.524 e. The molecule has 10 heteroatoms. The van der Waals surface area contributed by atoms with Crippen molar-refractivity contribution < 1.29 is 15.3 Å². The van der Waals surface area contributed by atoms with Crippen LogP contribution in [-0.4, -0.2) is 23.9 Å². The van der Waals surface area contributed by atoms with E-state index in [1.165, 1.54) is 0 Å². The second-order valence-corrected chi connectivity index (χ2v) is 14.7. The molecule has 0 aliphatic rings. The summed E-state index contributed by atoms with van der Waals surface area (Å²) >= 11 is 0. The highest BCUT2D eigenvalue weighted by Crippen LogP contribution is 2.32. The lowest BCUT2D eigenvalue weighted by atomic mass is 9.99. The molecular weight excluding hydrogens is 593 g/mol. The van der Waals surface area contributed by atoms with E-state index in [2.05, 4.69) is 15.3 Å². The zero-order valence-corrected chi connectivity index (χ0v) is 28.5. The predicted octanol–water partition coefficient (Wildman–Crippen LogP) is 9.28. The average molecular weight is 637 g/mol. The third-order valence-electron chi connectivity index (χ3n) is 7.83. The Morgan fingerprint density at radius 2 is 0.783 bits per heavy atom. The molecule has 0 heterocycles. The van der Waals surface area contributed by atoms with Gasteiger partial charge >= 0.3 is 8.56 Å². The predicted molar refractivity (Wildman–Crippen MR) is 184 cm³/mol. The van der Waals surface area contributed by atoms with Gasteiger partial charge in [0.1, 0.15) is 17.2 Å². The first-order valence-corrected chi connectivity index (χ1v) is 17.5. The first kappa shape index (κ1) is 34.2. The summed E-state index contributed by atoms with van der Waals surface area (Å²) in [5.74, 6) is 1.05. The van der Waals surface area contributed by atoms with Crippen molar-refractivity contribution in [2.24, 2.45) is 29.7 Å². The number of hydrogen-bond acceptors (Lipinski definition) is 9. The van der Waals surface area contributed by atoms with E-state index in [1.54, 1.807) is 0 Å². The highest BCUT2D eigenvalue weighted by molar-refractivity contribution is 6.86. The van der Waals surface area contributed by atoms with E-state index in [0.717, 1.165) is 16.7 Å². The Hall–Kier alpha value is -4.70. The number of para-hydroxylation sites is 3. The van der Waals surface area contributed by atoms with Crippen LogP contribution in [0.3, 0.4) is 0 Å². The van der Waals surface area contributed by atoms with Crippen LogP contribution in [0.5, 0.6) is 17.2 Å². The van der Waals surface area contributed by atoms with Crippen molar-refractivity contribution in [1.29, 1.82) is 0 Å². The highest BCUT2D eigenvalue weighted by Gasteiger charge is 2.40. The van der Waals surface area contributed by atoms with Crippen LogP contribution in [0.25, 0.3) is 0 Å². The van der Waals surface area contributed by atoms with Crippen molar-refractivity contribution in [3.05, 3.63) is 118 Å². The SMILES string of the molecule is CC(C)c1cccc(CN=N[Si](N=NCc2cccc(C(C)C)c2O)(N=NCc2cccc(C(C)C)c2O)c2ccccc2)c1O. The summed E-state index contributed by atoms with van der Waals surface area (Å²) in [7, 11) is -3.66. The average Bonchev–Trinajstić information content (AvgIpc) is 3.03. The van der Waals surface area contributed by atoms with Crippen molar-refractivity contribution in [1.82, 2.24) is 0 Å². The van der Waals surface area contributed by atoms with Gasteiger partial charge in [-0.05, 0) is 34.4 Å². The fourth-order valence-electron chi connectivity index (χ4n) is 5.14. The van der Waals surface area contributed by atoms with Crippen LogP contribution in [0, 0.1) is 0 Å². The molecule has 0 atom stereocenters. The molecule has 0 saturated heterocycles.